The summed E-state index contributed by atoms with van der Waals surface area (Å²) in [7, 11) is 1.74. The number of aryl methyl sites for hydroxylation is 1. The number of tetrazole rings is 1. The quantitative estimate of drug-likeness (QED) is 0.775. The first kappa shape index (κ1) is 9.97. The average Bonchev–Trinajstić information content (AvgIpc) is 3.06. The lowest BCUT2D eigenvalue weighted by atomic mass is 9.97. The summed E-state index contributed by atoms with van der Waals surface area (Å²) in [6.07, 6.45) is 1.93. The average molecular weight is 225 g/mol. The molecule has 0 radical (unpaired) electrons. The molecule has 1 aromatic carbocycles. The summed E-state index contributed by atoms with van der Waals surface area (Å²) in [6.45, 7) is 0. The van der Waals surface area contributed by atoms with E-state index in [1.807, 2.05) is 24.3 Å². The van der Waals surface area contributed by atoms with Gasteiger partial charge in [0.05, 0.1) is 18.5 Å². The van der Waals surface area contributed by atoms with Gasteiger partial charge >= 0.3 is 0 Å². The van der Waals surface area contributed by atoms with Gasteiger partial charge in [-0.25, -0.2) is 0 Å². The van der Waals surface area contributed by atoms with Gasteiger partial charge in [0.15, 0.2) is 0 Å². The van der Waals surface area contributed by atoms with Crippen molar-refractivity contribution in [2.75, 3.05) is 0 Å². The Morgan fingerprint density at radius 1 is 1.29 bits per heavy atom. The predicted molar refractivity (Wildman–Crippen MR) is 60.8 cm³/mol. The van der Waals surface area contributed by atoms with Gasteiger partial charge in [-0.3, -0.25) is 0 Å². The summed E-state index contributed by atoms with van der Waals surface area (Å²) in [4.78, 5) is 1.43. The molecule has 0 spiro atoms. The summed E-state index contributed by atoms with van der Waals surface area (Å²) in [5.74, 6) is 0.612. The second kappa shape index (κ2) is 3.39. The molecule has 0 atom stereocenters. The van der Waals surface area contributed by atoms with Crippen LogP contribution in [0.5, 0.6) is 0 Å². The number of hydrogen-bond acceptors (Lipinski definition) is 4. The number of nitrogens with zero attached hydrogens (tertiary/aromatic N) is 5. The van der Waals surface area contributed by atoms with Gasteiger partial charge in [-0.05, 0) is 23.6 Å². The summed E-state index contributed by atoms with van der Waals surface area (Å²) < 4.78 is 0. The number of aromatic nitrogens is 4. The summed E-state index contributed by atoms with van der Waals surface area (Å²) in [6, 6.07) is 10.3. The highest BCUT2D eigenvalue weighted by Crippen LogP contribution is 2.47. The van der Waals surface area contributed by atoms with Crippen molar-refractivity contribution in [3.63, 3.8) is 0 Å². The number of benzene rings is 1. The van der Waals surface area contributed by atoms with Crippen LogP contribution in [0.4, 0.5) is 0 Å². The zero-order valence-corrected chi connectivity index (χ0v) is 9.46. The third-order valence-electron chi connectivity index (χ3n) is 3.17. The fourth-order valence-corrected chi connectivity index (χ4v) is 1.93. The van der Waals surface area contributed by atoms with Gasteiger partial charge in [0, 0.05) is 5.56 Å². The van der Waals surface area contributed by atoms with Crippen LogP contribution in [0.2, 0.25) is 0 Å². The monoisotopic (exact) mass is 225 g/mol. The Balaban J connectivity index is 1.94. The first-order chi connectivity index (χ1) is 8.23. The van der Waals surface area contributed by atoms with Crippen LogP contribution in [0.25, 0.3) is 11.4 Å². The number of hydrogen-bond donors (Lipinski definition) is 0. The van der Waals surface area contributed by atoms with Gasteiger partial charge in [-0.15, -0.1) is 10.2 Å². The standard InChI is InChI=1S/C12H11N5/c1-17-15-11(14-16-17)9-2-4-10(5-3-9)12(8-13)6-7-12/h2-5H,6-7H2,1H3. The van der Waals surface area contributed by atoms with Gasteiger partial charge in [-0.1, -0.05) is 24.3 Å². The topological polar surface area (TPSA) is 67.4 Å². The molecule has 1 aliphatic rings. The van der Waals surface area contributed by atoms with Gasteiger partial charge in [-0.2, -0.15) is 10.1 Å². The summed E-state index contributed by atoms with van der Waals surface area (Å²) in [5, 5.41) is 21.0. The lowest BCUT2D eigenvalue weighted by molar-refractivity contribution is 0.630. The molecule has 3 rings (SSSR count). The van der Waals surface area contributed by atoms with Crippen LogP contribution in [-0.4, -0.2) is 20.2 Å². The maximum absolute atomic E-state index is 9.11. The van der Waals surface area contributed by atoms with E-state index in [-0.39, 0.29) is 5.41 Å². The molecule has 0 amide bonds. The van der Waals surface area contributed by atoms with E-state index in [2.05, 4.69) is 21.5 Å². The van der Waals surface area contributed by atoms with Crippen LogP contribution in [0.1, 0.15) is 18.4 Å². The molecular formula is C12H11N5. The molecule has 84 valence electrons. The van der Waals surface area contributed by atoms with Crippen LogP contribution in [0, 0.1) is 11.3 Å². The van der Waals surface area contributed by atoms with Crippen molar-refractivity contribution in [2.24, 2.45) is 7.05 Å². The highest BCUT2D eigenvalue weighted by Gasteiger charge is 2.44. The molecule has 5 nitrogen and oxygen atoms in total. The van der Waals surface area contributed by atoms with E-state index < -0.39 is 0 Å². The van der Waals surface area contributed by atoms with Crippen molar-refractivity contribution in [1.82, 2.24) is 20.2 Å². The predicted octanol–water partition coefficient (Wildman–Crippen LogP) is 1.43. The van der Waals surface area contributed by atoms with Crippen LogP contribution < -0.4 is 0 Å². The Morgan fingerprint density at radius 2 is 2.00 bits per heavy atom. The number of rotatable bonds is 2. The Labute approximate surface area is 98.7 Å². The molecule has 17 heavy (non-hydrogen) atoms. The minimum atomic E-state index is -0.228. The third-order valence-corrected chi connectivity index (χ3v) is 3.17. The fourth-order valence-electron chi connectivity index (χ4n) is 1.93. The Bertz CT molecular complexity index is 586. The van der Waals surface area contributed by atoms with E-state index in [0.29, 0.717) is 5.82 Å². The molecule has 0 bridgehead atoms. The molecule has 0 unspecified atom stereocenters. The molecule has 1 heterocycles. The molecule has 0 saturated heterocycles. The maximum Gasteiger partial charge on any atom is 0.204 e. The van der Waals surface area contributed by atoms with E-state index in [9.17, 15) is 0 Å². The molecule has 1 aromatic heterocycles. The molecule has 2 aromatic rings. The van der Waals surface area contributed by atoms with E-state index in [1.165, 1.54) is 4.80 Å². The molecule has 1 saturated carbocycles. The van der Waals surface area contributed by atoms with Crippen molar-refractivity contribution >= 4 is 0 Å². The van der Waals surface area contributed by atoms with Crippen molar-refractivity contribution in [3.05, 3.63) is 29.8 Å². The molecular weight excluding hydrogens is 214 g/mol. The summed E-state index contributed by atoms with van der Waals surface area (Å²) in [5.41, 5.74) is 1.79. The first-order valence-corrected chi connectivity index (χ1v) is 5.50. The maximum atomic E-state index is 9.11. The van der Waals surface area contributed by atoms with E-state index in [1.54, 1.807) is 7.05 Å². The smallest absolute Gasteiger partial charge is 0.197 e. The van der Waals surface area contributed by atoms with Crippen molar-refractivity contribution < 1.29 is 0 Å². The Hall–Kier alpha value is -2.22. The lowest BCUT2D eigenvalue weighted by Gasteiger charge is -2.05. The molecule has 5 heteroatoms. The molecule has 0 aliphatic heterocycles. The van der Waals surface area contributed by atoms with Crippen LogP contribution in [0.15, 0.2) is 24.3 Å². The van der Waals surface area contributed by atoms with Crippen molar-refractivity contribution in [3.8, 4) is 17.5 Å². The second-order valence-electron chi connectivity index (χ2n) is 4.37. The fraction of sp³-hybridized carbons (Fsp3) is 0.333. The van der Waals surface area contributed by atoms with Crippen LogP contribution >= 0.6 is 0 Å². The minimum absolute atomic E-state index is 0.228. The zero-order chi connectivity index (χ0) is 11.9. The normalized spacial score (nSPS) is 16.5. The van der Waals surface area contributed by atoms with Gasteiger partial charge in [0.25, 0.3) is 0 Å². The Morgan fingerprint density at radius 3 is 2.47 bits per heavy atom. The first-order valence-electron chi connectivity index (χ1n) is 5.50. The largest absolute Gasteiger partial charge is 0.204 e. The van der Waals surface area contributed by atoms with Crippen LogP contribution in [-0.2, 0) is 12.5 Å². The molecule has 1 fully saturated rings. The highest BCUT2D eigenvalue weighted by atomic mass is 15.6. The Kier molecular flexibility index (Phi) is 1.99. The van der Waals surface area contributed by atoms with Gasteiger partial charge < -0.3 is 0 Å². The van der Waals surface area contributed by atoms with E-state index in [0.717, 1.165) is 24.0 Å². The van der Waals surface area contributed by atoms with Gasteiger partial charge in [0.2, 0.25) is 5.82 Å². The molecule has 1 aliphatic carbocycles. The summed E-state index contributed by atoms with van der Waals surface area (Å²) >= 11 is 0. The number of nitriles is 1. The van der Waals surface area contributed by atoms with Crippen molar-refractivity contribution in [2.45, 2.75) is 18.3 Å². The lowest BCUT2D eigenvalue weighted by Crippen LogP contribution is -2.01. The second-order valence-corrected chi connectivity index (χ2v) is 4.37. The zero-order valence-electron chi connectivity index (χ0n) is 9.46. The van der Waals surface area contributed by atoms with Gasteiger partial charge in [0.1, 0.15) is 0 Å². The minimum Gasteiger partial charge on any atom is -0.197 e. The SMILES string of the molecule is Cn1nnc(-c2ccc(C3(C#N)CC3)cc2)n1. The third kappa shape index (κ3) is 1.58. The molecule has 0 N–H and O–H groups in total. The highest BCUT2D eigenvalue weighted by molar-refractivity contribution is 5.56. The van der Waals surface area contributed by atoms with E-state index >= 15 is 0 Å². The van der Waals surface area contributed by atoms with E-state index in [4.69, 9.17) is 5.26 Å². The van der Waals surface area contributed by atoms with Crippen molar-refractivity contribution in [1.29, 1.82) is 5.26 Å². The van der Waals surface area contributed by atoms with Crippen LogP contribution in [0.3, 0.4) is 0 Å².